The van der Waals surface area contributed by atoms with Crippen molar-refractivity contribution in [1.29, 1.82) is 0 Å². The van der Waals surface area contributed by atoms with Gasteiger partial charge in [-0.3, -0.25) is 9.69 Å². The Morgan fingerprint density at radius 1 is 1.34 bits per heavy atom. The van der Waals surface area contributed by atoms with Gasteiger partial charge in [0.25, 0.3) is 5.91 Å². The van der Waals surface area contributed by atoms with Crippen LogP contribution in [0.1, 0.15) is 10.4 Å². The summed E-state index contributed by atoms with van der Waals surface area (Å²) in [5, 5.41) is 19.2. The summed E-state index contributed by atoms with van der Waals surface area (Å²) in [4.78, 5) is 22.7. The number of benzene rings is 1. The molecule has 1 amide bonds. The molecule has 1 aromatic heterocycles. The van der Waals surface area contributed by atoms with Gasteiger partial charge >= 0.3 is 0 Å². The van der Waals surface area contributed by atoms with Crippen LogP contribution in [0.4, 0.5) is 23.1 Å². The number of anilines is 4. The van der Waals surface area contributed by atoms with Crippen molar-refractivity contribution in [3.05, 3.63) is 30.0 Å². The molecule has 0 spiro atoms. The number of ether oxygens (including phenoxy) is 2. The lowest BCUT2D eigenvalue weighted by atomic mass is 10.2. The summed E-state index contributed by atoms with van der Waals surface area (Å²) in [5.74, 6) is 0.786. The van der Waals surface area contributed by atoms with E-state index in [1.807, 2.05) is 18.2 Å². The summed E-state index contributed by atoms with van der Waals surface area (Å²) < 4.78 is 10.9. The lowest BCUT2D eigenvalue weighted by Crippen LogP contribution is -2.39. The Labute approximate surface area is 193 Å². The Morgan fingerprint density at radius 2 is 2.16 bits per heavy atom. The molecule has 1 saturated heterocycles. The number of carbonyl (C=O) groups excluding carboxylic acids is 1. The van der Waals surface area contributed by atoms with E-state index in [1.54, 1.807) is 0 Å². The summed E-state index contributed by atoms with van der Waals surface area (Å²) in [5.41, 5.74) is 7.22. The van der Waals surface area contributed by atoms with Gasteiger partial charge in [-0.05, 0) is 18.2 Å². The molecular weight excluding hydrogens is 434 g/mol. The molecule has 0 unspecified atom stereocenters. The highest BCUT2D eigenvalue weighted by molar-refractivity contribution is 7.59. The maximum atomic E-state index is 11.8. The molecule has 1 aromatic carbocycles. The van der Waals surface area contributed by atoms with E-state index in [0.717, 1.165) is 44.2 Å². The molecule has 2 aliphatic rings. The predicted molar refractivity (Wildman–Crippen MR) is 126 cm³/mol. The number of fused-ring (bicyclic) bond motifs is 1. The van der Waals surface area contributed by atoms with Crippen molar-refractivity contribution in [2.75, 3.05) is 68.5 Å². The first-order chi connectivity index (χ1) is 15.1. The Hall–Kier alpha value is -2.80. The van der Waals surface area contributed by atoms with E-state index in [9.17, 15) is 9.90 Å². The maximum Gasteiger partial charge on any atom is 0.254 e. The van der Waals surface area contributed by atoms with Gasteiger partial charge in [0, 0.05) is 44.6 Å². The fourth-order valence-corrected chi connectivity index (χ4v) is 3.39. The van der Waals surface area contributed by atoms with Crippen molar-refractivity contribution in [3.63, 3.8) is 0 Å². The third kappa shape index (κ3) is 6.13. The van der Waals surface area contributed by atoms with Crippen molar-refractivity contribution >= 4 is 42.5 Å². The Morgan fingerprint density at radius 3 is 2.94 bits per heavy atom. The zero-order chi connectivity index (χ0) is 21.6. The van der Waals surface area contributed by atoms with Crippen LogP contribution in [0.5, 0.6) is 5.75 Å². The summed E-state index contributed by atoms with van der Waals surface area (Å²) in [6.07, 6.45) is 0.843. The van der Waals surface area contributed by atoms with E-state index in [-0.39, 0.29) is 25.7 Å². The second kappa shape index (κ2) is 11.2. The van der Waals surface area contributed by atoms with Gasteiger partial charge in [-0.2, -0.15) is 18.5 Å². The monoisotopic (exact) mass is 463 g/mol. The van der Waals surface area contributed by atoms with Gasteiger partial charge in [0.15, 0.2) is 0 Å². The average molecular weight is 464 g/mol. The van der Waals surface area contributed by atoms with Gasteiger partial charge in [0.05, 0.1) is 24.5 Å². The van der Waals surface area contributed by atoms with E-state index >= 15 is 0 Å². The number of morpholine rings is 1. The van der Waals surface area contributed by atoms with Crippen LogP contribution in [0.15, 0.2) is 24.4 Å². The highest BCUT2D eigenvalue weighted by Gasteiger charge is 2.16. The van der Waals surface area contributed by atoms with Gasteiger partial charge in [-0.25, -0.2) is 4.98 Å². The molecule has 1 atom stereocenters. The molecule has 4 rings (SSSR count). The molecular formula is C20H29N7O4S. The van der Waals surface area contributed by atoms with Crippen LogP contribution < -0.4 is 26.4 Å². The number of hydrogen-bond acceptors (Lipinski definition) is 10. The van der Waals surface area contributed by atoms with Crippen molar-refractivity contribution in [2.45, 2.75) is 6.10 Å². The molecule has 6 N–H and O–H groups in total. The summed E-state index contributed by atoms with van der Waals surface area (Å²) in [6, 6.07) is 5.49. The number of rotatable bonds is 7. The van der Waals surface area contributed by atoms with Gasteiger partial charge in [-0.15, -0.1) is 0 Å². The number of hydrogen-bond donors (Lipinski definition) is 5. The number of aliphatic hydroxyl groups excluding tert-OH is 1. The first-order valence-corrected chi connectivity index (χ1v) is 10.2. The molecule has 0 aliphatic carbocycles. The summed E-state index contributed by atoms with van der Waals surface area (Å²) >= 11 is 0. The van der Waals surface area contributed by atoms with E-state index in [1.165, 1.54) is 6.20 Å². The Bertz CT molecular complexity index is 927. The maximum absolute atomic E-state index is 11.8. The normalized spacial score (nSPS) is 18.2. The number of β-amino-alcohol motifs (C(OH)–C–C–N with tert-alkyl or cyclic N) is 1. The Balaban J connectivity index is 0.00000289. The van der Waals surface area contributed by atoms with Gasteiger partial charge in [0.1, 0.15) is 24.3 Å². The first kappa shape index (κ1) is 23.9. The molecule has 2 aliphatic heterocycles. The van der Waals surface area contributed by atoms with Crippen LogP contribution >= 0.6 is 13.5 Å². The highest BCUT2D eigenvalue weighted by Crippen LogP contribution is 2.30. The number of nitrogens with two attached hydrogens (primary N) is 1. The number of primary amides is 1. The lowest BCUT2D eigenvalue weighted by molar-refractivity contribution is 0.0398. The number of nitrogens with one attached hydrogen (secondary N) is 3. The third-order valence-corrected chi connectivity index (χ3v) is 5.07. The number of aliphatic hydroxyl groups is 1. The molecule has 174 valence electrons. The lowest BCUT2D eigenvalue weighted by Gasteiger charge is -2.26. The van der Waals surface area contributed by atoms with E-state index in [0.29, 0.717) is 30.6 Å². The minimum Gasteiger partial charge on any atom is -0.489 e. The third-order valence-electron chi connectivity index (χ3n) is 5.07. The molecule has 11 nitrogen and oxygen atoms in total. The SMILES string of the molecule is NC(=O)c1cnc(Nc2ccc3c(c2)NC[C@H](O)CO3)nc1NCCN1CCOCC1.S. The minimum atomic E-state index is -0.592. The van der Waals surface area contributed by atoms with Crippen molar-refractivity contribution in [1.82, 2.24) is 14.9 Å². The van der Waals surface area contributed by atoms with Crippen LogP contribution in [0.3, 0.4) is 0 Å². The zero-order valence-corrected chi connectivity index (χ0v) is 18.6. The van der Waals surface area contributed by atoms with Crippen LogP contribution in [-0.4, -0.2) is 84.5 Å². The second-order valence-corrected chi connectivity index (χ2v) is 7.38. The van der Waals surface area contributed by atoms with Crippen LogP contribution in [0.25, 0.3) is 0 Å². The van der Waals surface area contributed by atoms with Crippen molar-refractivity contribution < 1.29 is 19.4 Å². The molecule has 3 heterocycles. The van der Waals surface area contributed by atoms with Crippen molar-refractivity contribution in [2.24, 2.45) is 5.73 Å². The van der Waals surface area contributed by atoms with Gasteiger partial charge < -0.3 is 36.3 Å². The van der Waals surface area contributed by atoms with Crippen LogP contribution in [0, 0.1) is 0 Å². The largest absolute Gasteiger partial charge is 0.489 e. The predicted octanol–water partition coefficient (Wildman–Crippen LogP) is 0.341. The van der Waals surface area contributed by atoms with Crippen molar-refractivity contribution in [3.8, 4) is 5.75 Å². The molecule has 2 aromatic rings. The molecule has 32 heavy (non-hydrogen) atoms. The molecule has 12 heteroatoms. The zero-order valence-electron chi connectivity index (χ0n) is 17.6. The smallest absolute Gasteiger partial charge is 0.254 e. The number of carbonyl (C=O) groups is 1. The molecule has 0 radical (unpaired) electrons. The summed E-state index contributed by atoms with van der Waals surface area (Å²) in [6.45, 7) is 5.28. The van der Waals surface area contributed by atoms with Crippen LogP contribution in [0.2, 0.25) is 0 Å². The quantitative estimate of drug-likeness (QED) is 0.389. The Kier molecular flexibility index (Phi) is 8.33. The standard InChI is InChI=1S/C20H27N7O4.H2S/c21-18(29)15-11-24-20(26-19(15)22-3-4-27-5-7-30-8-6-27)25-13-1-2-17-16(9-13)23-10-14(28)12-31-17;/h1-2,9,11,14,23,28H,3-8,10,12H2,(H2,21,29)(H2,22,24,25,26);1H2/t14-;/m0./s1. The van der Waals surface area contributed by atoms with E-state index in [2.05, 4.69) is 30.8 Å². The highest BCUT2D eigenvalue weighted by atomic mass is 32.1. The number of aromatic nitrogens is 2. The fraction of sp³-hybridized carbons (Fsp3) is 0.450. The van der Waals surface area contributed by atoms with Gasteiger partial charge in [-0.1, -0.05) is 0 Å². The number of nitrogens with zero attached hydrogens (tertiary/aromatic N) is 3. The second-order valence-electron chi connectivity index (χ2n) is 7.38. The van der Waals surface area contributed by atoms with E-state index in [4.69, 9.17) is 15.2 Å². The van der Waals surface area contributed by atoms with E-state index < -0.39 is 12.0 Å². The molecule has 0 bridgehead atoms. The first-order valence-electron chi connectivity index (χ1n) is 10.2. The average Bonchev–Trinajstić information content (AvgIpc) is 2.96. The molecule has 0 saturated carbocycles. The number of amides is 1. The van der Waals surface area contributed by atoms with Crippen LogP contribution in [-0.2, 0) is 4.74 Å². The topological polar surface area (TPSA) is 147 Å². The summed E-state index contributed by atoms with van der Waals surface area (Å²) in [7, 11) is 0. The fourth-order valence-electron chi connectivity index (χ4n) is 3.39. The molecule has 1 fully saturated rings. The van der Waals surface area contributed by atoms with Gasteiger partial charge in [0.2, 0.25) is 5.95 Å². The minimum absolute atomic E-state index is 0.